The van der Waals surface area contributed by atoms with Gasteiger partial charge in [-0.2, -0.15) is 0 Å². The molecule has 1 saturated heterocycles. The number of carbonyl (C=O) groups excluding carboxylic acids is 2. The van der Waals surface area contributed by atoms with Crippen LogP contribution in [0, 0.1) is 12.8 Å². The van der Waals surface area contributed by atoms with Gasteiger partial charge in [-0.25, -0.2) is 4.79 Å². The molecule has 2 aromatic rings. The Morgan fingerprint density at radius 1 is 1.14 bits per heavy atom. The standard InChI is InChI=1S/C22H24Cl2N2O3/c1-14-6-7-16(22(28)29-2)12-20(14)25-21(27)15-8-10-26(11-9-15)13-17-18(23)4-3-5-19(17)24/h3-7,12,15H,8-11,13H2,1-2H3,(H,25,27). The third-order valence-electron chi connectivity index (χ3n) is 5.32. The minimum atomic E-state index is -0.424. The number of esters is 1. The lowest BCUT2D eigenvalue weighted by molar-refractivity contribution is -0.121. The third-order valence-corrected chi connectivity index (χ3v) is 6.03. The van der Waals surface area contributed by atoms with E-state index in [0.29, 0.717) is 27.8 Å². The van der Waals surface area contributed by atoms with Crippen LogP contribution < -0.4 is 5.32 Å². The zero-order valence-electron chi connectivity index (χ0n) is 16.5. The van der Waals surface area contributed by atoms with E-state index < -0.39 is 5.97 Å². The fourth-order valence-corrected chi connectivity index (χ4v) is 4.01. The number of likely N-dealkylation sites (tertiary alicyclic amines) is 1. The first-order chi connectivity index (χ1) is 13.9. The van der Waals surface area contributed by atoms with E-state index in [1.54, 1.807) is 18.2 Å². The van der Waals surface area contributed by atoms with Gasteiger partial charge in [0.1, 0.15) is 0 Å². The van der Waals surface area contributed by atoms with E-state index in [0.717, 1.165) is 37.1 Å². The Hall–Kier alpha value is -2.08. The van der Waals surface area contributed by atoms with Gasteiger partial charge in [-0.15, -0.1) is 0 Å². The summed E-state index contributed by atoms with van der Waals surface area (Å²) < 4.78 is 4.75. The second-order valence-electron chi connectivity index (χ2n) is 7.26. The van der Waals surface area contributed by atoms with Crippen molar-refractivity contribution >= 4 is 40.8 Å². The number of hydrogen-bond donors (Lipinski definition) is 1. The predicted molar refractivity (Wildman–Crippen MR) is 116 cm³/mol. The summed E-state index contributed by atoms with van der Waals surface area (Å²) in [4.78, 5) is 26.8. The van der Waals surface area contributed by atoms with Gasteiger partial charge in [0.25, 0.3) is 0 Å². The predicted octanol–water partition coefficient (Wildman–Crippen LogP) is 4.94. The molecule has 0 atom stereocenters. The molecule has 0 aliphatic carbocycles. The smallest absolute Gasteiger partial charge is 0.337 e. The summed E-state index contributed by atoms with van der Waals surface area (Å²) in [5, 5.41) is 4.30. The van der Waals surface area contributed by atoms with Gasteiger partial charge in [0, 0.05) is 33.8 Å². The van der Waals surface area contributed by atoms with Gasteiger partial charge in [0.05, 0.1) is 12.7 Å². The Kier molecular flexibility index (Phi) is 7.17. The number of rotatable bonds is 5. The van der Waals surface area contributed by atoms with Gasteiger partial charge < -0.3 is 10.1 Å². The molecule has 29 heavy (non-hydrogen) atoms. The second kappa shape index (κ2) is 9.61. The maximum Gasteiger partial charge on any atom is 0.337 e. The number of halogens is 2. The quantitative estimate of drug-likeness (QED) is 0.676. The van der Waals surface area contributed by atoms with Crippen molar-refractivity contribution in [2.24, 2.45) is 5.92 Å². The molecular formula is C22H24Cl2N2O3. The van der Waals surface area contributed by atoms with Crippen LogP contribution in [0.1, 0.15) is 34.3 Å². The number of nitrogens with one attached hydrogen (secondary N) is 1. The van der Waals surface area contributed by atoms with Crippen LogP contribution in [0.15, 0.2) is 36.4 Å². The molecule has 1 aliphatic heterocycles. The summed E-state index contributed by atoms with van der Waals surface area (Å²) in [6.45, 7) is 4.15. The molecule has 0 bridgehead atoms. The van der Waals surface area contributed by atoms with Gasteiger partial charge in [-0.05, 0) is 62.7 Å². The lowest BCUT2D eigenvalue weighted by Crippen LogP contribution is -2.38. The summed E-state index contributed by atoms with van der Waals surface area (Å²) in [6, 6.07) is 10.7. The number of amides is 1. The summed E-state index contributed by atoms with van der Waals surface area (Å²) >= 11 is 12.5. The zero-order chi connectivity index (χ0) is 21.0. The van der Waals surface area contributed by atoms with Crippen LogP contribution >= 0.6 is 23.2 Å². The molecule has 1 heterocycles. The molecule has 5 nitrogen and oxygen atoms in total. The van der Waals surface area contributed by atoms with E-state index in [9.17, 15) is 9.59 Å². The fraction of sp³-hybridized carbons (Fsp3) is 0.364. The van der Waals surface area contributed by atoms with Gasteiger partial charge in [-0.3, -0.25) is 9.69 Å². The number of benzene rings is 2. The summed E-state index contributed by atoms with van der Waals surface area (Å²) in [6.07, 6.45) is 1.51. The van der Waals surface area contributed by atoms with Crippen LogP contribution in [0.5, 0.6) is 0 Å². The van der Waals surface area contributed by atoms with E-state index in [1.807, 2.05) is 25.1 Å². The summed E-state index contributed by atoms with van der Waals surface area (Å²) in [7, 11) is 1.34. The summed E-state index contributed by atoms with van der Waals surface area (Å²) in [5.41, 5.74) is 2.88. The van der Waals surface area contributed by atoms with E-state index in [4.69, 9.17) is 27.9 Å². The third kappa shape index (κ3) is 5.30. The van der Waals surface area contributed by atoms with Crippen LogP contribution in [-0.2, 0) is 16.1 Å². The minimum absolute atomic E-state index is 0.0226. The van der Waals surface area contributed by atoms with Gasteiger partial charge >= 0.3 is 5.97 Å². The van der Waals surface area contributed by atoms with E-state index in [1.165, 1.54) is 7.11 Å². The molecule has 1 amide bonds. The monoisotopic (exact) mass is 434 g/mol. The molecule has 0 radical (unpaired) electrons. The van der Waals surface area contributed by atoms with E-state index >= 15 is 0 Å². The van der Waals surface area contributed by atoms with Crippen molar-refractivity contribution in [2.75, 3.05) is 25.5 Å². The van der Waals surface area contributed by atoms with Gasteiger partial charge in [0.2, 0.25) is 5.91 Å². The molecule has 0 saturated carbocycles. The Bertz CT molecular complexity index is 889. The number of methoxy groups -OCH3 is 1. The Morgan fingerprint density at radius 3 is 2.41 bits per heavy atom. The van der Waals surface area contributed by atoms with Crippen LogP contribution in [0.4, 0.5) is 5.69 Å². The molecule has 0 spiro atoms. The topological polar surface area (TPSA) is 58.6 Å². The molecule has 1 N–H and O–H groups in total. The van der Waals surface area contributed by atoms with Crippen molar-refractivity contribution in [2.45, 2.75) is 26.3 Å². The first-order valence-corrected chi connectivity index (χ1v) is 10.3. The summed E-state index contributed by atoms with van der Waals surface area (Å²) in [5.74, 6) is -0.522. The van der Waals surface area contributed by atoms with Crippen molar-refractivity contribution in [1.82, 2.24) is 4.90 Å². The minimum Gasteiger partial charge on any atom is -0.465 e. The normalized spacial score (nSPS) is 15.2. The van der Waals surface area contributed by atoms with Crippen LogP contribution in [-0.4, -0.2) is 37.0 Å². The molecule has 2 aromatic carbocycles. The SMILES string of the molecule is COC(=O)c1ccc(C)c(NC(=O)C2CCN(Cc3c(Cl)cccc3Cl)CC2)c1. The van der Waals surface area contributed by atoms with Crippen molar-refractivity contribution in [1.29, 1.82) is 0 Å². The fourth-order valence-electron chi connectivity index (χ4n) is 3.50. The average Bonchev–Trinajstić information content (AvgIpc) is 2.72. The molecule has 0 unspecified atom stereocenters. The maximum absolute atomic E-state index is 12.8. The Labute approximate surface area is 180 Å². The highest BCUT2D eigenvalue weighted by atomic mass is 35.5. The molecule has 1 aliphatic rings. The average molecular weight is 435 g/mol. The van der Waals surface area contributed by atoms with E-state index in [2.05, 4.69) is 10.2 Å². The largest absolute Gasteiger partial charge is 0.465 e. The highest BCUT2D eigenvalue weighted by molar-refractivity contribution is 6.35. The Balaban J connectivity index is 1.59. The number of anilines is 1. The molecule has 0 aromatic heterocycles. The van der Waals surface area contributed by atoms with Gasteiger partial charge in [0.15, 0.2) is 0 Å². The zero-order valence-corrected chi connectivity index (χ0v) is 18.0. The van der Waals surface area contributed by atoms with Crippen LogP contribution in [0.2, 0.25) is 10.0 Å². The van der Waals surface area contributed by atoms with Crippen molar-refractivity contribution in [3.05, 3.63) is 63.1 Å². The first-order valence-electron chi connectivity index (χ1n) is 9.54. The number of hydrogen-bond acceptors (Lipinski definition) is 4. The van der Waals surface area contributed by atoms with E-state index in [-0.39, 0.29) is 11.8 Å². The molecule has 154 valence electrons. The number of carbonyl (C=O) groups is 2. The first kappa shape index (κ1) is 21.6. The Morgan fingerprint density at radius 2 is 1.79 bits per heavy atom. The molecule has 3 rings (SSSR count). The van der Waals surface area contributed by atoms with Crippen molar-refractivity contribution in [3.8, 4) is 0 Å². The van der Waals surface area contributed by atoms with Gasteiger partial charge in [-0.1, -0.05) is 35.3 Å². The second-order valence-corrected chi connectivity index (χ2v) is 8.08. The number of piperidine rings is 1. The van der Waals surface area contributed by atoms with Crippen molar-refractivity contribution < 1.29 is 14.3 Å². The van der Waals surface area contributed by atoms with Crippen molar-refractivity contribution in [3.63, 3.8) is 0 Å². The lowest BCUT2D eigenvalue weighted by atomic mass is 9.95. The number of nitrogens with zero attached hydrogens (tertiary/aromatic N) is 1. The lowest BCUT2D eigenvalue weighted by Gasteiger charge is -2.31. The highest BCUT2D eigenvalue weighted by Gasteiger charge is 2.26. The molecule has 1 fully saturated rings. The molecule has 7 heteroatoms. The van der Waals surface area contributed by atoms with Crippen LogP contribution in [0.3, 0.4) is 0 Å². The maximum atomic E-state index is 12.8. The highest BCUT2D eigenvalue weighted by Crippen LogP contribution is 2.28. The number of ether oxygens (including phenoxy) is 1. The van der Waals surface area contributed by atoms with Crippen LogP contribution in [0.25, 0.3) is 0 Å². The molecular weight excluding hydrogens is 411 g/mol. The number of aryl methyl sites for hydroxylation is 1.